The molecule has 0 aliphatic rings. The maximum atomic E-state index is 14.0. The van der Waals surface area contributed by atoms with Crippen LogP contribution in [0.5, 0.6) is 0 Å². The maximum absolute atomic E-state index is 14.0. The van der Waals surface area contributed by atoms with Gasteiger partial charge in [-0.15, -0.1) is 0 Å². The van der Waals surface area contributed by atoms with Gasteiger partial charge >= 0.3 is 0 Å². The first-order valence-corrected chi connectivity index (χ1v) is 11.1. The van der Waals surface area contributed by atoms with Crippen LogP contribution < -0.4 is 0 Å². The number of nitrogens with zero attached hydrogens (tertiary/aromatic N) is 5. The van der Waals surface area contributed by atoms with Gasteiger partial charge in [-0.2, -0.15) is 10.2 Å². The van der Waals surface area contributed by atoms with Gasteiger partial charge in [0.1, 0.15) is 0 Å². The van der Waals surface area contributed by atoms with E-state index < -0.39 is 0 Å². The van der Waals surface area contributed by atoms with Gasteiger partial charge in [0.2, 0.25) is 0 Å². The summed E-state index contributed by atoms with van der Waals surface area (Å²) in [7, 11) is 0. The molecule has 164 valence electrons. The lowest BCUT2D eigenvalue weighted by Crippen LogP contribution is -2.06. The third-order valence-corrected chi connectivity index (χ3v) is 6.05. The van der Waals surface area contributed by atoms with Crippen LogP contribution in [0.4, 0.5) is 0 Å². The molecule has 6 heteroatoms. The Morgan fingerprint density at radius 3 is 1.47 bits per heavy atom. The number of ketones is 1. The molecule has 3 aromatic heterocycles. The molecule has 0 aliphatic heterocycles. The maximum Gasteiger partial charge on any atom is 0.194 e. The molecule has 0 saturated carbocycles. The van der Waals surface area contributed by atoms with Crippen LogP contribution in [0.25, 0.3) is 33.4 Å². The molecular formula is C28H21N5O. The number of benzene rings is 3. The largest absolute Gasteiger partial charge is 0.289 e. The van der Waals surface area contributed by atoms with Gasteiger partial charge in [0.05, 0.1) is 33.5 Å². The summed E-state index contributed by atoms with van der Waals surface area (Å²) in [5, 5.41) is 11.1. The summed E-state index contributed by atoms with van der Waals surface area (Å²) < 4.78 is 3.62. The average molecular weight is 444 g/mol. The van der Waals surface area contributed by atoms with Crippen molar-refractivity contribution in [2.75, 3.05) is 0 Å². The molecule has 0 aliphatic carbocycles. The van der Waals surface area contributed by atoms with E-state index in [9.17, 15) is 4.79 Å². The highest BCUT2D eigenvalue weighted by Gasteiger charge is 2.27. The predicted octanol–water partition coefficient (Wildman–Crippen LogP) is 5.61. The number of pyridine rings is 1. The predicted molar refractivity (Wildman–Crippen MR) is 133 cm³/mol. The second-order valence-corrected chi connectivity index (χ2v) is 8.24. The topological polar surface area (TPSA) is 65.6 Å². The first kappa shape index (κ1) is 20.1. The monoisotopic (exact) mass is 443 g/mol. The molecule has 6 aromatic rings. The van der Waals surface area contributed by atoms with Crippen LogP contribution >= 0.6 is 0 Å². The lowest BCUT2D eigenvalue weighted by atomic mass is 9.97. The summed E-state index contributed by atoms with van der Waals surface area (Å²) >= 11 is 0. The van der Waals surface area contributed by atoms with Gasteiger partial charge < -0.3 is 0 Å². The van der Waals surface area contributed by atoms with Gasteiger partial charge in [0, 0.05) is 11.1 Å². The summed E-state index contributed by atoms with van der Waals surface area (Å²) in [4.78, 5) is 19.0. The van der Waals surface area contributed by atoms with Crippen molar-refractivity contribution in [1.82, 2.24) is 24.5 Å². The molecule has 0 N–H and O–H groups in total. The number of fused-ring (bicyclic) bond motifs is 2. The second-order valence-electron chi connectivity index (χ2n) is 8.24. The van der Waals surface area contributed by atoms with E-state index in [0.29, 0.717) is 22.4 Å². The first-order valence-electron chi connectivity index (χ1n) is 11.1. The Bertz CT molecular complexity index is 1570. The number of carbonyl (C=O) groups is 1. The zero-order chi connectivity index (χ0) is 23.2. The van der Waals surface area contributed by atoms with Gasteiger partial charge in [0.15, 0.2) is 17.1 Å². The van der Waals surface area contributed by atoms with E-state index in [-0.39, 0.29) is 5.78 Å². The molecule has 0 unspecified atom stereocenters. The molecule has 6 nitrogen and oxygen atoms in total. The smallest absolute Gasteiger partial charge is 0.194 e. The number of para-hydroxylation sites is 2. The van der Waals surface area contributed by atoms with Crippen LogP contribution in [0, 0.1) is 13.8 Å². The quantitative estimate of drug-likeness (QED) is 0.332. The minimum absolute atomic E-state index is 0.0653. The van der Waals surface area contributed by atoms with Crippen molar-refractivity contribution in [2.24, 2.45) is 0 Å². The van der Waals surface area contributed by atoms with E-state index in [1.807, 2.05) is 114 Å². The molecule has 0 fully saturated rings. The Kier molecular flexibility index (Phi) is 4.59. The first-order chi connectivity index (χ1) is 16.6. The van der Waals surface area contributed by atoms with Crippen LogP contribution in [0.3, 0.4) is 0 Å². The fourth-order valence-corrected chi connectivity index (χ4v) is 4.51. The normalized spacial score (nSPS) is 11.4. The van der Waals surface area contributed by atoms with E-state index in [4.69, 9.17) is 15.2 Å². The second kappa shape index (κ2) is 7.78. The van der Waals surface area contributed by atoms with Crippen molar-refractivity contribution in [2.45, 2.75) is 13.8 Å². The molecule has 0 radical (unpaired) electrons. The molecule has 3 aromatic carbocycles. The Balaban J connectivity index is 1.77. The third kappa shape index (κ3) is 3.03. The van der Waals surface area contributed by atoms with Gasteiger partial charge in [-0.1, -0.05) is 66.7 Å². The minimum Gasteiger partial charge on any atom is -0.289 e. The van der Waals surface area contributed by atoms with Gasteiger partial charge in [-0.25, -0.2) is 14.3 Å². The van der Waals surface area contributed by atoms with Crippen LogP contribution in [-0.4, -0.2) is 30.3 Å². The van der Waals surface area contributed by atoms with Crippen molar-refractivity contribution >= 4 is 27.9 Å². The summed E-state index contributed by atoms with van der Waals surface area (Å²) in [5.41, 5.74) is 5.74. The molecule has 0 atom stereocenters. The average Bonchev–Trinajstić information content (AvgIpc) is 3.41. The molecule has 34 heavy (non-hydrogen) atoms. The summed E-state index contributed by atoms with van der Waals surface area (Å²) in [6.45, 7) is 3.85. The number of aryl methyl sites for hydroxylation is 2. The lowest BCUT2D eigenvalue weighted by molar-refractivity contribution is 0.104. The van der Waals surface area contributed by atoms with Crippen LogP contribution in [-0.2, 0) is 0 Å². The van der Waals surface area contributed by atoms with E-state index in [1.165, 1.54) is 0 Å². The number of hydrogen-bond acceptors (Lipinski definition) is 4. The molecular weight excluding hydrogens is 422 g/mol. The fraction of sp³-hybridized carbons (Fsp3) is 0.0714. The van der Waals surface area contributed by atoms with E-state index >= 15 is 0 Å². The van der Waals surface area contributed by atoms with Crippen molar-refractivity contribution in [3.05, 3.63) is 114 Å². The summed E-state index contributed by atoms with van der Waals surface area (Å²) in [6.07, 6.45) is 0. The molecule has 0 saturated heterocycles. The van der Waals surface area contributed by atoms with Gasteiger partial charge in [-0.3, -0.25) is 4.79 Å². The van der Waals surface area contributed by atoms with E-state index in [1.54, 1.807) is 0 Å². The zero-order valence-electron chi connectivity index (χ0n) is 18.8. The summed E-state index contributed by atoms with van der Waals surface area (Å²) in [6, 6.07) is 29.1. The Morgan fingerprint density at radius 2 is 1.03 bits per heavy atom. The van der Waals surface area contributed by atoms with Crippen molar-refractivity contribution < 1.29 is 4.79 Å². The van der Waals surface area contributed by atoms with Crippen LogP contribution in [0.1, 0.15) is 27.3 Å². The number of carbonyl (C=O) groups excluding carboxylic acids is 1. The SMILES string of the molecule is Cc1nn(-c2ccccc2)c2nc3c(c(C)nn3-c3ccccc3)c(C(=O)c3ccccc3)c12. The van der Waals surface area contributed by atoms with Crippen LogP contribution in [0.2, 0.25) is 0 Å². The standard InChI is InChI=1S/C28H21N5O/c1-18-23-25(26(34)20-12-6-3-7-13-20)24-19(2)31-33(22-16-10-5-11-17-22)28(24)29-27(23)32(30-18)21-14-8-4-9-15-21/h3-17H,1-2H3. The van der Waals surface area contributed by atoms with Crippen molar-refractivity contribution in [3.63, 3.8) is 0 Å². The number of hydrogen-bond donors (Lipinski definition) is 0. The van der Waals surface area contributed by atoms with Crippen molar-refractivity contribution in [1.29, 1.82) is 0 Å². The molecule has 0 bridgehead atoms. The molecule has 6 rings (SSSR count). The highest BCUT2D eigenvalue weighted by molar-refractivity contribution is 6.23. The van der Waals surface area contributed by atoms with E-state index in [2.05, 4.69) is 0 Å². The minimum atomic E-state index is -0.0653. The third-order valence-electron chi connectivity index (χ3n) is 6.05. The zero-order valence-corrected chi connectivity index (χ0v) is 18.8. The molecule has 0 amide bonds. The highest BCUT2D eigenvalue weighted by Crippen LogP contribution is 2.34. The van der Waals surface area contributed by atoms with Crippen molar-refractivity contribution in [3.8, 4) is 11.4 Å². The number of aromatic nitrogens is 5. The summed E-state index contributed by atoms with van der Waals surface area (Å²) in [5.74, 6) is -0.0653. The van der Waals surface area contributed by atoms with Crippen LogP contribution in [0.15, 0.2) is 91.0 Å². The Labute approximate surface area is 196 Å². The fourth-order valence-electron chi connectivity index (χ4n) is 4.51. The molecule has 0 spiro atoms. The Hall–Kier alpha value is -4.58. The Morgan fingerprint density at radius 1 is 0.618 bits per heavy atom. The van der Waals surface area contributed by atoms with E-state index in [0.717, 1.165) is 33.5 Å². The van der Waals surface area contributed by atoms with Gasteiger partial charge in [0.25, 0.3) is 0 Å². The van der Waals surface area contributed by atoms with Gasteiger partial charge in [-0.05, 0) is 38.1 Å². The lowest BCUT2D eigenvalue weighted by Gasteiger charge is -2.09. The molecule has 3 heterocycles. The number of rotatable bonds is 4. The highest BCUT2D eigenvalue weighted by atomic mass is 16.1.